The summed E-state index contributed by atoms with van der Waals surface area (Å²) in [6.07, 6.45) is 2.09. The number of aliphatic imine (C=N–C) groups is 1. The highest BCUT2D eigenvalue weighted by atomic mass is 32.2. The molecule has 126 valence electrons. The lowest BCUT2D eigenvalue weighted by molar-refractivity contribution is 0.464. The highest BCUT2D eigenvalue weighted by Gasteiger charge is 2.21. The van der Waals surface area contributed by atoms with E-state index in [0.29, 0.717) is 12.5 Å². The van der Waals surface area contributed by atoms with Crippen LogP contribution in [0.2, 0.25) is 0 Å². The van der Waals surface area contributed by atoms with Crippen LogP contribution in [0.5, 0.6) is 0 Å². The monoisotopic (exact) mass is 346 g/mol. The minimum Gasteiger partial charge on any atom is -0.357 e. The number of nitrogens with zero attached hydrogens (tertiary/aromatic N) is 1. The molecule has 0 spiro atoms. The Labute approximate surface area is 137 Å². The van der Waals surface area contributed by atoms with Crippen LogP contribution < -0.4 is 15.4 Å². The second-order valence-corrected chi connectivity index (χ2v) is 8.49. The van der Waals surface area contributed by atoms with E-state index in [4.69, 9.17) is 0 Å². The zero-order chi connectivity index (χ0) is 16.6. The smallest absolute Gasteiger partial charge is 0.209 e. The van der Waals surface area contributed by atoms with Gasteiger partial charge in [-0.15, -0.1) is 11.3 Å². The highest BCUT2D eigenvalue weighted by molar-refractivity contribution is 7.88. The molecule has 22 heavy (non-hydrogen) atoms. The minimum atomic E-state index is -3.25. The predicted molar refractivity (Wildman–Crippen MR) is 94.1 cm³/mol. The largest absolute Gasteiger partial charge is 0.357 e. The van der Waals surface area contributed by atoms with Crippen molar-refractivity contribution in [1.82, 2.24) is 15.4 Å². The van der Waals surface area contributed by atoms with Crippen LogP contribution in [0.1, 0.15) is 25.6 Å². The SMILES string of the molecule is CCNC(=NCC(C)(C)NS(C)(=O)=O)NCCc1cccs1. The van der Waals surface area contributed by atoms with Gasteiger partial charge in [0.25, 0.3) is 0 Å². The van der Waals surface area contributed by atoms with E-state index in [1.54, 1.807) is 11.3 Å². The van der Waals surface area contributed by atoms with Crippen molar-refractivity contribution < 1.29 is 8.42 Å². The first-order valence-electron chi connectivity index (χ1n) is 7.25. The fourth-order valence-corrected chi connectivity index (χ4v) is 3.69. The van der Waals surface area contributed by atoms with Gasteiger partial charge in [-0.2, -0.15) is 0 Å². The first-order chi connectivity index (χ1) is 10.2. The van der Waals surface area contributed by atoms with Crippen molar-refractivity contribution >= 4 is 27.3 Å². The molecular formula is C14H26N4O2S2. The van der Waals surface area contributed by atoms with E-state index in [1.807, 2.05) is 26.8 Å². The van der Waals surface area contributed by atoms with Gasteiger partial charge < -0.3 is 10.6 Å². The van der Waals surface area contributed by atoms with Gasteiger partial charge in [-0.25, -0.2) is 13.1 Å². The Hall–Kier alpha value is -1.12. The van der Waals surface area contributed by atoms with Crippen molar-refractivity contribution in [2.24, 2.45) is 4.99 Å². The summed E-state index contributed by atoms with van der Waals surface area (Å²) in [6, 6.07) is 4.15. The van der Waals surface area contributed by atoms with Gasteiger partial charge in [0.05, 0.1) is 12.8 Å². The third-order valence-corrected chi connectivity index (χ3v) is 4.54. The maximum Gasteiger partial charge on any atom is 0.209 e. The Balaban J connectivity index is 2.53. The Morgan fingerprint density at radius 3 is 2.64 bits per heavy atom. The molecule has 0 radical (unpaired) electrons. The molecule has 0 bridgehead atoms. The van der Waals surface area contributed by atoms with Gasteiger partial charge in [-0.05, 0) is 38.6 Å². The fraction of sp³-hybridized carbons (Fsp3) is 0.643. The summed E-state index contributed by atoms with van der Waals surface area (Å²) in [5.41, 5.74) is -0.621. The van der Waals surface area contributed by atoms with Gasteiger partial charge in [0.15, 0.2) is 5.96 Å². The topological polar surface area (TPSA) is 82.6 Å². The van der Waals surface area contributed by atoms with Crippen LogP contribution in [-0.2, 0) is 16.4 Å². The van der Waals surface area contributed by atoms with Gasteiger partial charge in [-0.1, -0.05) is 6.07 Å². The molecule has 0 saturated carbocycles. The van der Waals surface area contributed by atoms with E-state index in [-0.39, 0.29) is 0 Å². The zero-order valence-corrected chi connectivity index (χ0v) is 15.3. The Morgan fingerprint density at radius 1 is 1.36 bits per heavy atom. The van der Waals surface area contributed by atoms with Gasteiger partial charge in [0.1, 0.15) is 0 Å². The van der Waals surface area contributed by atoms with E-state index in [1.165, 1.54) is 4.88 Å². The summed E-state index contributed by atoms with van der Waals surface area (Å²) in [7, 11) is -3.25. The van der Waals surface area contributed by atoms with Crippen LogP contribution >= 0.6 is 11.3 Å². The summed E-state index contributed by atoms with van der Waals surface area (Å²) < 4.78 is 25.2. The molecule has 1 heterocycles. The molecular weight excluding hydrogens is 320 g/mol. The van der Waals surface area contributed by atoms with Crippen LogP contribution in [0, 0.1) is 0 Å². The first-order valence-corrected chi connectivity index (χ1v) is 10.0. The zero-order valence-electron chi connectivity index (χ0n) is 13.6. The van der Waals surface area contributed by atoms with Gasteiger partial charge >= 0.3 is 0 Å². The molecule has 0 aromatic carbocycles. The van der Waals surface area contributed by atoms with Crippen molar-refractivity contribution in [3.63, 3.8) is 0 Å². The van der Waals surface area contributed by atoms with Crippen molar-refractivity contribution in [3.05, 3.63) is 22.4 Å². The van der Waals surface area contributed by atoms with E-state index >= 15 is 0 Å². The van der Waals surface area contributed by atoms with Crippen LogP contribution in [0.15, 0.2) is 22.5 Å². The lowest BCUT2D eigenvalue weighted by Crippen LogP contribution is -2.47. The van der Waals surface area contributed by atoms with Crippen molar-refractivity contribution in [2.75, 3.05) is 25.9 Å². The number of thiophene rings is 1. The molecule has 0 aliphatic carbocycles. The molecule has 0 aliphatic heterocycles. The molecule has 0 saturated heterocycles. The molecule has 1 aromatic heterocycles. The molecule has 3 N–H and O–H groups in total. The maximum absolute atomic E-state index is 11.3. The third-order valence-electron chi connectivity index (χ3n) is 2.68. The Kier molecular flexibility index (Phi) is 7.31. The maximum atomic E-state index is 11.3. The number of hydrogen-bond acceptors (Lipinski definition) is 4. The second-order valence-electron chi connectivity index (χ2n) is 5.71. The van der Waals surface area contributed by atoms with Crippen LogP contribution in [-0.4, -0.2) is 45.8 Å². The van der Waals surface area contributed by atoms with Gasteiger partial charge in [0.2, 0.25) is 10.0 Å². The number of nitrogens with one attached hydrogen (secondary N) is 3. The van der Waals surface area contributed by atoms with Crippen LogP contribution in [0.3, 0.4) is 0 Å². The molecule has 8 heteroatoms. The van der Waals surface area contributed by atoms with E-state index in [0.717, 1.165) is 25.8 Å². The summed E-state index contributed by atoms with van der Waals surface area (Å²) in [5.74, 6) is 0.697. The quantitative estimate of drug-likeness (QED) is 0.487. The highest BCUT2D eigenvalue weighted by Crippen LogP contribution is 2.08. The summed E-state index contributed by atoms with van der Waals surface area (Å²) in [6.45, 7) is 7.52. The lowest BCUT2D eigenvalue weighted by atomic mass is 10.1. The average Bonchev–Trinajstić information content (AvgIpc) is 2.86. The molecule has 0 fully saturated rings. The Morgan fingerprint density at radius 2 is 2.09 bits per heavy atom. The summed E-state index contributed by atoms with van der Waals surface area (Å²) in [4.78, 5) is 5.78. The standard InChI is InChI=1S/C14H26N4O2S2/c1-5-15-13(16-9-8-12-7-6-10-21-12)17-11-14(2,3)18-22(4,19)20/h6-7,10,18H,5,8-9,11H2,1-4H3,(H2,15,16,17). The minimum absolute atomic E-state index is 0.356. The Bertz CT molecular complexity index is 566. The van der Waals surface area contributed by atoms with Crippen LogP contribution in [0.25, 0.3) is 0 Å². The third kappa shape index (κ3) is 8.35. The fourth-order valence-electron chi connectivity index (χ4n) is 1.91. The summed E-state index contributed by atoms with van der Waals surface area (Å²) in [5, 5.41) is 8.49. The number of guanidine groups is 1. The van der Waals surface area contributed by atoms with Crippen molar-refractivity contribution in [2.45, 2.75) is 32.7 Å². The predicted octanol–water partition coefficient (Wildman–Crippen LogP) is 1.17. The first kappa shape index (κ1) is 18.9. The molecule has 0 atom stereocenters. The van der Waals surface area contributed by atoms with Gasteiger partial charge in [0, 0.05) is 23.5 Å². The second kappa shape index (κ2) is 8.50. The molecule has 1 aromatic rings. The van der Waals surface area contributed by atoms with E-state index in [9.17, 15) is 8.42 Å². The summed E-state index contributed by atoms with van der Waals surface area (Å²) >= 11 is 1.73. The molecule has 0 amide bonds. The van der Waals surface area contributed by atoms with Crippen molar-refractivity contribution in [1.29, 1.82) is 0 Å². The lowest BCUT2D eigenvalue weighted by Gasteiger charge is -2.23. The molecule has 0 aliphatic rings. The van der Waals surface area contributed by atoms with Gasteiger partial charge in [-0.3, -0.25) is 4.99 Å². The molecule has 6 nitrogen and oxygen atoms in total. The van der Waals surface area contributed by atoms with E-state index < -0.39 is 15.6 Å². The average molecular weight is 347 g/mol. The number of rotatable bonds is 8. The van der Waals surface area contributed by atoms with Crippen LogP contribution in [0.4, 0.5) is 0 Å². The molecule has 1 rings (SSSR count). The molecule has 0 unspecified atom stereocenters. The normalized spacial score (nSPS) is 13.2. The number of sulfonamides is 1. The number of hydrogen-bond donors (Lipinski definition) is 3. The van der Waals surface area contributed by atoms with Crippen molar-refractivity contribution in [3.8, 4) is 0 Å². The van der Waals surface area contributed by atoms with E-state index in [2.05, 4.69) is 31.8 Å².